The molecule has 10 nitrogen and oxygen atoms in total. The van der Waals surface area contributed by atoms with Crippen molar-refractivity contribution in [3.63, 3.8) is 0 Å². The van der Waals surface area contributed by atoms with Crippen molar-refractivity contribution in [2.75, 3.05) is 24.6 Å². The van der Waals surface area contributed by atoms with Crippen LogP contribution < -0.4 is 20.5 Å². The Hall–Kier alpha value is -4.34. The highest BCUT2D eigenvalue weighted by molar-refractivity contribution is 5.86. The minimum atomic E-state index is -1.03. The van der Waals surface area contributed by atoms with Crippen LogP contribution in [0.5, 0.6) is 5.75 Å². The minimum Gasteiger partial charge on any atom is -0.494 e. The molecule has 2 N–H and O–H groups in total. The lowest BCUT2D eigenvalue weighted by Crippen LogP contribution is -2.33. The molecule has 2 amide bonds. The molecule has 3 aromatic rings. The van der Waals surface area contributed by atoms with E-state index in [9.17, 15) is 19.5 Å². The van der Waals surface area contributed by atoms with Gasteiger partial charge in [0.05, 0.1) is 18.8 Å². The largest absolute Gasteiger partial charge is 0.494 e. The number of ether oxygens (including phenoxy) is 2. The number of anilines is 1. The molecule has 0 aliphatic heterocycles. The molecule has 0 bridgehead atoms. The zero-order valence-electron chi connectivity index (χ0n) is 23.6. The first-order valence-corrected chi connectivity index (χ1v) is 13.4. The van der Waals surface area contributed by atoms with Gasteiger partial charge in [-0.05, 0) is 95.0 Å². The number of amides is 2. The van der Waals surface area contributed by atoms with E-state index in [0.717, 1.165) is 36.1 Å². The molecular formula is C30H38N4O6. The maximum absolute atomic E-state index is 12.5. The fourth-order valence-corrected chi connectivity index (χ4v) is 3.96. The Morgan fingerprint density at radius 2 is 1.77 bits per heavy atom. The number of carbonyl (C=O) groups excluding carboxylic acids is 1. The van der Waals surface area contributed by atoms with E-state index in [1.165, 1.54) is 15.6 Å². The number of hydrogen-bond acceptors (Lipinski definition) is 6. The lowest BCUT2D eigenvalue weighted by atomic mass is 10.1. The topological polar surface area (TPSA) is 123 Å². The first kappa shape index (κ1) is 30.2. The molecule has 214 valence electrons. The number of carbonyl (C=O) groups is 2. The fraction of sp³-hybridized carbons (Fsp3) is 0.400. The number of nitrogens with one attached hydrogen (secondary N) is 1. The Bertz CT molecular complexity index is 1330. The lowest BCUT2D eigenvalue weighted by molar-refractivity contribution is 0.0527. The van der Waals surface area contributed by atoms with Crippen molar-refractivity contribution in [2.24, 2.45) is 0 Å². The van der Waals surface area contributed by atoms with E-state index < -0.39 is 17.8 Å². The molecule has 0 unspecified atom stereocenters. The average molecular weight is 551 g/mol. The summed E-state index contributed by atoms with van der Waals surface area (Å²) in [4.78, 5) is 36.9. The molecule has 0 aliphatic rings. The molecule has 0 aliphatic carbocycles. The standard InChI is InChI=1S/C30H38N4O6/c1-5-33(29(37)38)24-11-9-10-22(20-24)21-34-27(35)17-16-26(32-34)23-12-14-25(15-13-23)39-19-8-6-7-18-31-28(36)40-30(2,3)4/h9-17,20H,5-8,18-19,21H2,1-4H3,(H,31,36)(H,37,38). The molecule has 0 saturated carbocycles. The number of hydrogen-bond donors (Lipinski definition) is 2. The van der Waals surface area contributed by atoms with Gasteiger partial charge in [-0.15, -0.1) is 0 Å². The molecular weight excluding hydrogens is 512 g/mol. The second kappa shape index (κ2) is 14.2. The van der Waals surface area contributed by atoms with E-state index in [2.05, 4.69) is 10.4 Å². The van der Waals surface area contributed by atoms with Crippen LogP contribution >= 0.6 is 0 Å². The van der Waals surface area contributed by atoms with Gasteiger partial charge in [0.1, 0.15) is 11.4 Å². The Labute approximate surface area is 234 Å². The van der Waals surface area contributed by atoms with E-state index in [1.54, 1.807) is 31.2 Å². The smallest absolute Gasteiger partial charge is 0.411 e. The minimum absolute atomic E-state index is 0.214. The molecule has 0 radical (unpaired) electrons. The van der Waals surface area contributed by atoms with Crippen LogP contribution in [0, 0.1) is 0 Å². The van der Waals surface area contributed by atoms with Crippen LogP contribution in [0.15, 0.2) is 65.5 Å². The Morgan fingerprint density at radius 1 is 1.02 bits per heavy atom. The number of nitrogens with zero attached hydrogens (tertiary/aromatic N) is 3. The number of rotatable bonds is 12. The molecule has 0 saturated heterocycles. The summed E-state index contributed by atoms with van der Waals surface area (Å²) in [5.41, 5.74) is 2.05. The third-order valence-corrected chi connectivity index (χ3v) is 5.88. The van der Waals surface area contributed by atoms with Gasteiger partial charge >= 0.3 is 12.2 Å². The van der Waals surface area contributed by atoms with Crippen molar-refractivity contribution in [1.29, 1.82) is 0 Å². The molecule has 0 fully saturated rings. The summed E-state index contributed by atoms with van der Waals surface area (Å²) >= 11 is 0. The molecule has 3 rings (SSSR count). The maximum atomic E-state index is 12.5. The van der Waals surface area contributed by atoms with Gasteiger partial charge in [-0.3, -0.25) is 9.69 Å². The zero-order valence-corrected chi connectivity index (χ0v) is 23.6. The predicted molar refractivity (Wildman–Crippen MR) is 154 cm³/mol. The Kier molecular flexibility index (Phi) is 10.7. The molecule has 10 heteroatoms. The number of unbranched alkanes of at least 4 members (excludes halogenated alkanes) is 2. The van der Waals surface area contributed by atoms with Crippen molar-refractivity contribution < 1.29 is 24.2 Å². The molecule has 1 aromatic heterocycles. The average Bonchev–Trinajstić information content (AvgIpc) is 2.89. The van der Waals surface area contributed by atoms with Gasteiger partial charge in [0.25, 0.3) is 5.56 Å². The lowest BCUT2D eigenvalue weighted by Gasteiger charge is -2.19. The Balaban J connectivity index is 1.51. The maximum Gasteiger partial charge on any atom is 0.411 e. The summed E-state index contributed by atoms with van der Waals surface area (Å²) in [7, 11) is 0. The quantitative estimate of drug-likeness (QED) is 0.284. The number of benzene rings is 2. The molecule has 40 heavy (non-hydrogen) atoms. The molecule has 1 heterocycles. The van der Waals surface area contributed by atoms with E-state index in [4.69, 9.17) is 9.47 Å². The highest BCUT2D eigenvalue weighted by Crippen LogP contribution is 2.21. The summed E-state index contributed by atoms with van der Waals surface area (Å²) in [6.07, 6.45) is 1.17. The summed E-state index contributed by atoms with van der Waals surface area (Å²) in [5, 5.41) is 16.7. The monoisotopic (exact) mass is 550 g/mol. The van der Waals surface area contributed by atoms with E-state index in [0.29, 0.717) is 31.1 Å². The van der Waals surface area contributed by atoms with Gasteiger partial charge in [-0.2, -0.15) is 5.10 Å². The van der Waals surface area contributed by atoms with Gasteiger partial charge < -0.3 is 19.9 Å². The highest BCUT2D eigenvalue weighted by atomic mass is 16.6. The van der Waals surface area contributed by atoms with Crippen LogP contribution in [0.2, 0.25) is 0 Å². The van der Waals surface area contributed by atoms with Crippen molar-refractivity contribution in [2.45, 2.75) is 59.1 Å². The SMILES string of the molecule is CCN(C(=O)O)c1cccc(Cn2nc(-c3ccc(OCCCCCNC(=O)OC(C)(C)C)cc3)ccc2=O)c1. The van der Waals surface area contributed by atoms with Crippen molar-refractivity contribution in [3.05, 3.63) is 76.6 Å². The Morgan fingerprint density at radius 3 is 2.45 bits per heavy atom. The number of alkyl carbamates (subject to hydrolysis) is 1. The first-order chi connectivity index (χ1) is 19.1. The normalized spacial score (nSPS) is 11.1. The van der Waals surface area contributed by atoms with Crippen LogP contribution in [0.4, 0.5) is 15.3 Å². The van der Waals surface area contributed by atoms with Gasteiger partial charge in [-0.1, -0.05) is 12.1 Å². The molecule has 2 aromatic carbocycles. The summed E-state index contributed by atoms with van der Waals surface area (Å²) in [5.74, 6) is 0.736. The first-order valence-electron chi connectivity index (χ1n) is 13.4. The molecule has 0 atom stereocenters. The third-order valence-electron chi connectivity index (χ3n) is 5.88. The molecule has 0 spiro atoms. The van der Waals surface area contributed by atoms with Gasteiger partial charge in [0.15, 0.2) is 0 Å². The van der Waals surface area contributed by atoms with Gasteiger partial charge in [0, 0.05) is 30.4 Å². The van der Waals surface area contributed by atoms with Gasteiger partial charge in [-0.25, -0.2) is 14.3 Å². The van der Waals surface area contributed by atoms with Crippen LogP contribution in [0.1, 0.15) is 52.5 Å². The fourth-order valence-electron chi connectivity index (χ4n) is 3.96. The summed E-state index contributed by atoms with van der Waals surface area (Å²) < 4.78 is 12.4. The second-order valence-electron chi connectivity index (χ2n) is 10.3. The number of carboxylic acid groups (broad SMARTS) is 1. The summed E-state index contributed by atoms with van der Waals surface area (Å²) in [6, 6.07) is 17.8. The predicted octanol–water partition coefficient (Wildman–Crippen LogP) is 5.54. The van der Waals surface area contributed by atoms with Crippen LogP contribution in [-0.2, 0) is 11.3 Å². The van der Waals surface area contributed by atoms with Gasteiger partial charge in [0.2, 0.25) is 0 Å². The van der Waals surface area contributed by atoms with Crippen molar-refractivity contribution >= 4 is 17.9 Å². The number of aromatic nitrogens is 2. The third kappa shape index (κ3) is 9.44. The van der Waals surface area contributed by atoms with Crippen LogP contribution in [-0.4, -0.2) is 52.4 Å². The zero-order chi connectivity index (χ0) is 29.1. The van der Waals surface area contributed by atoms with Crippen LogP contribution in [0.25, 0.3) is 11.3 Å². The summed E-state index contributed by atoms with van der Waals surface area (Å²) in [6.45, 7) is 8.92. The van der Waals surface area contributed by atoms with Crippen molar-refractivity contribution in [3.8, 4) is 17.0 Å². The van der Waals surface area contributed by atoms with E-state index in [-0.39, 0.29) is 12.1 Å². The van der Waals surface area contributed by atoms with E-state index in [1.807, 2.05) is 51.1 Å². The second-order valence-corrected chi connectivity index (χ2v) is 10.3. The van der Waals surface area contributed by atoms with Crippen molar-refractivity contribution in [1.82, 2.24) is 15.1 Å². The highest BCUT2D eigenvalue weighted by Gasteiger charge is 2.15. The van der Waals surface area contributed by atoms with Crippen LogP contribution in [0.3, 0.4) is 0 Å². The van der Waals surface area contributed by atoms with E-state index >= 15 is 0 Å².